The van der Waals surface area contributed by atoms with E-state index in [0.717, 1.165) is 27.7 Å². The Morgan fingerprint density at radius 3 is 2.57 bits per heavy atom. The van der Waals surface area contributed by atoms with Gasteiger partial charge in [0.25, 0.3) is 5.89 Å². The zero-order valence-electron chi connectivity index (χ0n) is 16.0. The lowest BCUT2D eigenvalue weighted by atomic mass is 10.1. The maximum absolute atomic E-state index is 5.46. The van der Waals surface area contributed by atoms with Gasteiger partial charge in [-0.2, -0.15) is 4.98 Å². The van der Waals surface area contributed by atoms with Crippen molar-refractivity contribution in [1.82, 2.24) is 25.1 Å². The Bertz CT molecular complexity index is 1070. The summed E-state index contributed by atoms with van der Waals surface area (Å²) in [6.45, 7) is 6.92. The zero-order chi connectivity index (χ0) is 19.5. The molecular formula is C20H21N5O3. The van der Waals surface area contributed by atoms with Crippen LogP contribution in [0.15, 0.2) is 47.0 Å². The van der Waals surface area contributed by atoms with Gasteiger partial charge in [-0.3, -0.25) is 0 Å². The minimum atomic E-state index is 0.243. The van der Waals surface area contributed by atoms with E-state index in [9.17, 15) is 0 Å². The van der Waals surface area contributed by atoms with E-state index in [4.69, 9.17) is 14.3 Å². The van der Waals surface area contributed by atoms with Crippen molar-refractivity contribution in [2.24, 2.45) is 0 Å². The predicted molar refractivity (Wildman–Crippen MR) is 103 cm³/mol. The Labute approximate surface area is 162 Å². The van der Waals surface area contributed by atoms with E-state index < -0.39 is 0 Å². The summed E-state index contributed by atoms with van der Waals surface area (Å²) >= 11 is 0. The van der Waals surface area contributed by atoms with E-state index in [-0.39, 0.29) is 6.04 Å². The second kappa shape index (κ2) is 7.87. The van der Waals surface area contributed by atoms with Gasteiger partial charge in [0.2, 0.25) is 5.82 Å². The molecule has 0 aliphatic heterocycles. The standard InChI is InChI=1S/C20H21N5O3/c1-4-26-27-12-14-5-7-15(8-6-14)19-21-20(28-23-19)16-9-10-18-17(11-16)22-24-25(18)13(2)3/h5-11,13H,4,12H2,1-3H3. The van der Waals surface area contributed by atoms with Gasteiger partial charge in [-0.25, -0.2) is 14.5 Å². The number of hydrogen-bond donors (Lipinski definition) is 0. The monoisotopic (exact) mass is 379 g/mol. The third-order valence-corrected chi connectivity index (χ3v) is 4.27. The molecule has 8 heteroatoms. The lowest BCUT2D eigenvalue weighted by Gasteiger charge is -2.04. The molecule has 144 valence electrons. The molecule has 0 aliphatic rings. The second-order valence-corrected chi connectivity index (χ2v) is 6.62. The van der Waals surface area contributed by atoms with E-state index in [1.807, 2.05) is 54.1 Å². The van der Waals surface area contributed by atoms with E-state index in [1.165, 1.54) is 0 Å². The van der Waals surface area contributed by atoms with E-state index in [2.05, 4.69) is 34.3 Å². The number of aromatic nitrogens is 5. The van der Waals surface area contributed by atoms with Crippen molar-refractivity contribution in [3.8, 4) is 22.8 Å². The second-order valence-electron chi connectivity index (χ2n) is 6.62. The molecule has 2 aromatic heterocycles. The molecule has 0 saturated carbocycles. The van der Waals surface area contributed by atoms with Gasteiger partial charge in [0.1, 0.15) is 12.1 Å². The normalized spacial score (nSPS) is 11.6. The highest BCUT2D eigenvalue weighted by molar-refractivity contribution is 5.80. The molecule has 0 fully saturated rings. The van der Waals surface area contributed by atoms with E-state index in [1.54, 1.807) is 0 Å². The average Bonchev–Trinajstić information content (AvgIpc) is 3.35. The fraction of sp³-hybridized carbons (Fsp3) is 0.300. The molecule has 0 bridgehead atoms. The summed E-state index contributed by atoms with van der Waals surface area (Å²) in [5.41, 5.74) is 4.44. The number of hydrogen-bond acceptors (Lipinski definition) is 7. The first-order valence-corrected chi connectivity index (χ1v) is 9.18. The van der Waals surface area contributed by atoms with Crippen LogP contribution in [0.2, 0.25) is 0 Å². The van der Waals surface area contributed by atoms with Gasteiger partial charge in [-0.05, 0) is 44.5 Å². The lowest BCUT2D eigenvalue weighted by Crippen LogP contribution is -2.02. The molecule has 0 radical (unpaired) electrons. The molecule has 0 saturated heterocycles. The van der Waals surface area contributed by atoms with Gasteiger partial charge >= 0.3 is 0 Å². The largest absolute Gasteiger partial charge is 0.334 e. The summed E-state index contributed by atoms with van der Waals surface area (Å²) in [5, 5.41) is 12.5. The Morgan fingerprint density at radius 1 is 1.04 bits per heavy atom. The highest BCUT2D eigenvalue weighted by Crippen LogP contribution is 2.26. The van der Waals surface area contributed by atoms with Crippen LogP contribution in [0, 0.1) is 0 Å². The van der Waals surface area contributed by atoms with Gasteiger partial charge in [0.05, 0.1) is 12.1 Å². The van der Waals surface area contributed by atoms with Crippen molar-refractivity contribution >= 4 is 11.0 Å². The molecule has 2 aromatic carbocycles. The van der Waals surface area contributed by atoms with Crippen molar-refractivity contribution in [2.45, 2.75) is 33.4 Å². The van der Waals surface area contributed by atoms with Crippen LogP contribution >= 0.6 is 0 Å². The van der Waals surface area contributed by atoms with Crippen LogP contribution in [0.3, 0.4) is 0 Å². The molecule has 4 rings (SSSR count). The van der Waals surface area contributed by atoms with Gasteiger partial charge < -0.3 is 4.52 Å². The molecule has 0 unspecified atom stereocenters. The molecule has 0 aliphatic carbocycles. The Morgan fingerprint density at radius 2 is 1.82 bits per heavy atom. The Hall–Kier alpha value is -3.10. The summed E-state index contributed by atoms with van der Waals surface area (Å²) < 4.78 is 7.34. The molecule has 0 N–H and O–H groups in total. The van der Waals surface area contributed by atoms with E-state index >= 15 is 0 Å². The summed E-state index contributed by atoms with van der Waals surface area (Å²) in [6.07, 6.45) is 0. The first-order valence-electron chi connectivity index (χ1n) is 9.18. The van der Waals surface area contributed by atoms with E-state index in [0.29, 0.717) is 24.9 Å². The molecule has 0 amide bonds. The van der Waals surface area contributed by atoms with Gasteiger partial charge in [0.15, 0.2) is 0 Å². The molecule has 2 heterocycles. The topological polar surface area (TPSA) is 88.1 Å². The minimum absolute atomic E-state index is 0.243. The number of fused-ring (bicyclic) bond motifs is 1. The number of benzene rings is 2. The SMILES string of the molecule is CCOOCc1ccc(-c2noc(-c3ccc4c(c3)nnn4C(C)C)n2)cc1. The maximum atomic E-state index is 5.46. The molecular weight excluding hydrogens is 358 g/mol. The molecule has 28 heavy (non-hydrogen) atoms. The molecule has 0 atom stereocenters. The Kier molecular flexibility index (Phi) is 5.14. The predicted octanol–water partition coefficient (Wildman–Crippen LogP) is 4.20. The first kappa shape index (κ1) is 18.3. The zero-order valence-corrected chi connectivity index (χ0v) is 16.0. The van der Waals surface area contributed by atoms with Crippen molar-refractivity contribution in [3.05, 3.63) is 48.0 Å². The van der Waals surface area contributed by atoms with Crippen molar-refractivity contribution < 1.29 is 14.3 Å². The summed E-state index contributed by atoms with van der Waals surface area (Å²) in [6, 6.07) is 13.8. The van der Waals surface area contributed by atoms with Crippen molar-refractivity contribution in [2.75, 3.05) is 6.61 Å². The summed E-state index contributed by atoms with van der Waals surface area (Å²) in [5.74, 6) is 0.970. The summed E-state index contributed by atoms with van der Waals surface area (Å²) in [4.78, 5) is 14.5. The van der Waals surface area contributed by atoms with Gasteiger partial charge in [-0.15, -0.1) is 5.10 Å². The van der Waals surface area contributed by atoms with Crippen LogP contribution in [0.25, 0.3) is 33.9 Å². The average molecular weight is 379 g/mol. The fourth-order valence-corrected chi connectivity index (χ4v) is 2.86. The van der Waals surface area contributed by atoms with Crippen LogP contribution < -0.4 is 0 Å². The highest BCUT2D eigenvalue weighted by Gasteiger charge is 2.14. The van der Waals surface area contributed by atoms with Crippen LogP contribution in [0.5, 0.6) is 0 Å². The molecule has 8 nitrogen and oxygen atoms in total. The van der Waals surface area contributed by atoms with Crippen molar-refractivity contribution in [3.63, 3.8) is 0 Å². The van der Waals surface area contributed by atoms with Gasteiger partial charge in [-0.1, -0.05) is 34.6 Å². The maximum Gasteiger partial charge on any atom is 0.258 e. The van der Waals surface area contributed by atoms with Gasteiger partial charge in [0, 0.05) is 17.2 Å². The Balaban J connectivity index is 1.55. The molecule has 0 spiro atoms. The lowest BCUT2D eigenvalue weighted by molar-refractivity contribution is -0.300. The van der Waals surface area contributed by atoms with Crippen LogP contribution in [-0.4, -0.2) is 31.7 Å². The number of rotatable bonds is 7. The minimum Gasteiger partial charge on any atom is -0.334 e. The summed E-state index contributed by atoms with van der Waals surface area (Å²) in [7, 11) is 0. The van der Waals surface area contributed by atoms with Crippen LogP contribution in [0.4, 0.5) is 0 Å². The van der Waals surface area contributed by atoms with Crippen LogP contribution in [0.1, 0.15) is 32.4 Å². The third kappa shape index (κ3) is 3.64. The fourth-order valence-electron chi connectivity index (χ4n) is 2.86. The smallest absolute Gasteiger partial charge is 0.258 e. The van der Waals surface area contributed by atoms with Crippen LogP contribution in [-0.2, 0) is 16.4 Å². The molecule has 4 aromatic rings. The first-order chi connectivity index (χ1) is 13.7. The number of nitrogens with zero attached hydrogens (tertiary/aromatic N) is 5. The third-order valence-electron chi connectivity index (χ3n) is 4.27. The van der Waals surface area contributed by atoms with Crippen molar-refractivity contribution in [1.29, 1.82) is 0 Å². The quantitative estimate of drug-likeness (QED) is 0.270. The highest BCUT2D eigenvalue weighted by atomic mass is 17.2.